The number of aromatic nitrogens is 2. The smallest absolute Gasteiger partial charge is 0.326 e. The molecule has 1 rings (SSSR count). The highest BCUT2D eigenvalue weighted by atomic mass is 16.4. The number of aliphatic hydroxyl groups excluding tert-OH is 1. The lowest BCUT2D eigenvalue weighted by Gasteiger charge is -2.24. The first-order valence-electron chi connectivity index (χ1n) is 9.58. The molecule has 8 N–H and O–H groups in total. The fourth-order valence-electron chi connectivity index (χ4n) is 2.54. The molecule has 12 nitrogen and oxygen atoms in total. The quantitative estimate of drug-likeness (QED) is 0.196. The van der Waals surface area contributed by atoms with Crippen LogP contribution in [0.25, 0.3) is 0 Å². The Balaban J connectivity index is 2.63. The van der Waals surface area contributed by atoms with Gasteiger partial charge in [0.15, 0.2) is 0 Å². The maximum atomic E-state index is 12.3. The third kappa shape index (κ3) is 7.44. The van der Waals surface area contributed by atoms with Crippen molar-refractivity contribution in [2.75, 3.05) is 6.61 Å². The van der Waals surface area contributed by atoms with Gasteiger partial charge in [0.1, 0.15) is 18.1 Å². The SMILES string of the molecule is CCC(C)C(NC(=O)C(C)NC(=O)C(CO)NC(=O)C(N)Cc1cnc[nH]1)C(=O)O. The summed E-state index contributed by atoms with van der Waals surface area (Å²) in [6, 6.07) is -4.51. The largest absolute Gasteiger partial charge is 0.480 e. The lowest BCUT2D eigenvalue weighted by molar-refractivity contribution is -0.143. The van der Waals surface area contributed by atoms with E-state index in [9.17, 15) is 29.4 Å². The van der Waals surface area contributed by atoms with Crippen LogP contribution in [-0.2, 0) is 25.6 Å². The Morgan fingerprint density at radius 1 is 1.13 bits per heavy atom. The number of nitrogens with zero attached hydrogens (tertiary/aromatic N) is 1. The molecule has 0 radical (unpaired) electrons. The number of amides is 3. The molecule has 3 amide bonds. The van der Waals surface area contributed by atoms with Gasteiger partial charge >= 0.3 is 5.97 Å². The third-order valence-corrected chi connectivity index (χ3v) is 4.68. The molecule has 1 aromatic rings. The van der Waals surface area contributed by atoms with E-state index >= 15 is 0 Å². The highest BCUT2D eigenvalue weighted by Crippen LogP contribution is 2.08. The topological polar surface area (TPSA) is 200 Å². The van der Waals surface area contributed by atoms with Crippen molar-refractivity contribution in [3.05, 3.63) is 18.2 Å². The zero-order valence-electron chi connectivity index (χ0n) is 17.2. The Kier molecular flexibility index (Phi) is 9.92. The van der Waals surface area contributed by atoms with Gasteiger partial charge in [0.05, 0.1) is 19.0 Å². The van der Waals surface area contributed by atoms with Gasteiger partial charge in [-0.1, -0.05) is 20.3 Å². The van der Waals surface area contributed by atoms with E-state index in [4.69, 9.17) is 5.73 Å². The maximum absolute atomic E-state index is 12.3. The summed E-state index contributed by atoms with van der Waals surface area (Å²) < 4.78 is 0. The average molecular weight is 426 g/mol. The van der Waals surface area contributed by atoms with E-state index in [1.54, 1.807) is 13.8 Å². The Bertz CT molecular complexity index is 725. The van der Waals surface area contributed by atoms with Crippen LogP contribution in [0, 0.1) is 5.92 Å². The molecular weight excluding hydrogens is 396 g/mol. The lowest BCUT2D eigenvalue weighted by Crippen LogP contribution is -2.58. The molecule has 0 saturated carbocycles. The molecule has 168 valence electrons. The molecule has 0 fully saturated rings. The maximum Gasteiger partial charge on any atom is 0.326 e. The van der Waals surface area contributed by atoms with Gasteiger partial charge in [-0.25, -0.2) is 9.78 Å². The molecule has 5 unspecified atom stereocenters. The number of carboxylic acid groups (broad SMARTS) is 1. The van der Waals surface area contributed by atoms with Crippen LogP contribution in [0.1, 0.15) is 32.9 Å². The normalized spacial score (nSPS) is 15.9. The van der Waals surface area contributed by atoms with Crippen LogP contribution in [-0.4, -0.2) is 74.6 Å². The van der Waals surface area contributed by atoms with Crippen molar-refractivity contribution in [1.29, 1.82) is 0 Å². The van der Waals surface area contributed by atoms with E-state index in [-0.39, 0.29) is 12.3 Å². The molecule has 0 saturated heterocycles. The Labute approximate surface area is 174 Å². The molecule has 12 heteroatoms. The lowest BCUT2D eigenvalue weighted by atomic mass is 9.99. The number of imidazole rings is 1. The van der Waals surface area contributed by atoms with E-state index in [2.05, 4.69) is 25.9 Å². The number of nitrogens with one attached hydrogen (secondary N) is 4. The summed E-state index contributed by atoms with van der Waals surface area (Å²) >= 11 is 0. The number of rotatable bonds is 12. The number of nitrogens with two attached hydrogens (primary N) is 1. The molecule has 0 aliphatic rings. The summed E-state index contributed by atoms with van der Waals surface area (Å²) in [4.78, 5) is 54.7. The fourth-order valence-corrected chi connectivity index (χ4v) is 2.54. The number of aliphatic hydroxyl groups is 1. The molecule has 1 heterocycles. The zero-order chi connectivity index (χ0) is 22.8. The number of H-pyrrole nitrogens is 1. The second-order valence-electron chi connectivity index (χ2n) is 7.07. The molecule has 0 bridgehead atoms. The van der Waals surface area contributed by atoms with Gasteiger partial charge in [0.25, 0.3) is 0 Å². The van der Waals surface area contributed by atoms with Gasteiger partial charge in [0.2, 0.25) is 17.7 Å². The van der Waals surface area contributed by atoms with Crippen molar-refractivity contribution < 1.29 is 29.4 Å². The van der Waals surface area contributed by atoms with Gasteiger partial charge < -0.3 is 36.9 Å². The number of aliphatic carboxylic acids is 1. The monoisotopic (exact) mass is 426 g/mol. The number of carboxylic acids is 1. The summed E-state index contributed by atoms with van der Waals surface area (Å²) in [6.45, 7) is 4.13. The second kappa shape index (κ2) is 11.9. The van der Waals surface area contributed by atoms with Crippen LogP contribution in [0.2, 0.25) is 0 Å². The predicted octanol–water partition coefficient (Wildman–Crippen LogP) is -2.12. The summed E-state index contributed by atoms with van der Waals surface area (Å²) in [5.41, 5.74) is 6.42. The van der Waals surface area contributed by atoms with E-state index < -0.39 is 54.5 Å². The minimum atomic E-state index is -1.33. The van der Waals surface area contributed by atoms with Crippen LogP contribution < -0.4 is 21.7 Å². The van der Waals surface area contributed by atoms with Crippen molar-refractivity contribution in [1.82, 2.24) is 25.9 Å². The van der Waals surface area contributed by atoms with Crippen LogP contribution in [0.5, 0.6) is 0 Å². The van der Waals surface area contributed by atoms with Gasteiger partial charge in [-0.15, -0.1) is 0 Å². The Hall–Kier alpha value is -2.99. The summed E-state index contributed by atoms with van der Waals surface area (Å²) in [7, 11) is 0. The number of carbonyl (C=O) groups is 4. The highest BCUT2D eigenvalue weighted by Gasteiger charge is 2.30. The molecule has 0 aromatic carbocycles. The molecule has 1 aromatic heterocycles. The Morgan fingerprint density at radius 2 is 1.80 bits per heavy atom. The average Bonchev–Trinajstić information content (AvgIpc) is 3.21. The Morgan fingerprint density at radius 3 is 2.30 bits per heavy atom. The standard InChI is InChI=1S/C18H30N6O6/c1-4-9(2)14(18(29)30)24-15(26)10(3)22-17(28)13(7-25)23-16(27)12(19)5-11-6-20-8-21-11/h6,8-10,12-14,25H,4-5,7,19H2,1-3H3,(H,20,21)(H,22,28)(H,23,27)(H,24,26)(H,29,30). The number of hydrogen-bond acceptors (Lipinski definition) is 7. The van der Waals surface area contributed by atoms with Gasteiger partial charge in [-0.3, -0.25) is 14.4 Å². The van der Waals surface area contributed by atoms with Crippen LogP contribution >= 0.6 is 0 Å². The van der Waals surface area contributed by atoms with Crippen LogP contribution in [0.4, 0.5) is 0 Å². The number of aromatic amines is 1. The minimum absolute atomic E-state index is 0.149. The van der Waals surface area contributed by atoms with Crippen molar-refractivity contribution in [3.8, 4) is 0 Å². The van der Waals surface area contributed by atoms with Gasteiger partial charge in [-0.05, 0) is 12.8 Å². The fraction of sp³-hybridized carbons (Fsp3) is 0.611. The first-order chi connectivity index (χ1) is 14.1. The first-order valence-corrected chi connectivity index (χ1v) is 9.58. The molecule has 5 atom stereocenters. The van der Waals surface area contributed by atoms with Crippen molar-refractivity contribution in [3.63, 3.8) is 0 Å². The van der Waals surface area contributed by atoms with Crippen molar-refractivity contribution in [2.24, 2.45) is 11.7 Å². The van der Waals surface area contributed by atoms with E-state index in [0.29, 0.717) is 12.1 Å². The number of hydrogen-bond donors (Lipinski definition) is 7. The van der Waals surface area contributed by atoms with Crippen molar-refractivity contribution in [2.45, 2.75) is 57.8 Å². The van der Waals surface area contributed by atoms with E-state index in [1.165, 1.54) is 19.4 Å². The molecule has 0 spiro atoms. The summed E-state index contributed by atoms with van der Waals surface area (Å²) in [5.74, 6) is -3.66. The molecule has 0 aliphatic carbocycles. The van der Waals surface area contributed by atoms with E-state index in [1.807, 2.05) is 0 Å². The summed E-state index contributed by atoms with van der Waals surface area (Å²) in [6.07, 6.45) is 3.63. The molecule has 0 aliphatic heterocycles. The van der Waals surface area contributed by atoms with Crippen molar-refractivity contribution >= 4 is 23.7 Å². The molecular formula is C18H30N6O6. The van der Waals surface area contributed by atoms with E-state index in [0.717, 1.165) is 0 Å². The van der Waals surface area contributed by atoms with Crippen LogP contribution in [0.3, 0.4) is 0 Å². The number of carbonyl (C=O) groups excluding carboxylic acids is 3. The van der Waals surface area contributed by atoms with Crippen LogP contribution in [0.15, 0.2) is 12.5 Å². The third-order valence-electron chi connectivity index (χ3n) is 4.68. The first kappa shape index (κ1) is 25.0. The second-order valence-corrected chi connectivity index (χ2v) is 7.07. The molecule has 30 heavy (non-hydrogen) atoms. The zero-order valence-corrected chi connectivity index (χ0v) is 17.2. The van der Waals surface area contributed by atoms with Gasteiger partial charge in [0, 0.05) is 18.3 Å². The predicted molar refractivity (Wildman–Crippen MR) is 106 cm³/mol. The minimum Gasteiger partial charge on any atom is -0.480 e. The highest BCUT2D eigenvalue weighted by molar-refractivity contribution is 5.94. The van der Waals surface area contributed by atoms with Gasteiger partial charge in [-0.2, -0.15) is 0 Å². The summed E-state index contributed by atoms with van der Waals surface area (Å²) in [5, 5.41) is 25.8.